The van der Waals surface area contributed by atoms with Gasteiger partial charge in [0.25, 0.3) is 0 Å². The summed E-state index contributed by atoms with van der Waals surface area (Å²) in [5.41, 5.74) is 0. The topological polar surface area (TPSA) is 17.1 Å². The molecule has 0 bridgehead atoms. The van der Waals surface area contributed by atoms with Crippen molar-refractivity contribution in [3.8, 4) is 0 Å². The second kappa shape index (κ2) is 4.12. The smallest absolute Gasteiger partial charge is 0.142 e. The summed E-state index contributed by atoms with van der Waals surface area (Å²) >= 11 is 0. The van der Waals surface area contributed by atoms with Crippen LogP contribution < -0.4 is 0 Å². The van der Waals surface area contributed by atoms with Crippen LogP contribution in [0.5, 0.6) is 0 Å². The van der Waals surface area contributed by atoms with E-state index in [1.807, 2.05) is 12.2 Å². The van der Waals surface area contributed by atoms with Crippen molar-refractivity contribution in [2.75, 3.05) is 0 Å². The second-order valence-electron chi connectivity index (χ2n) is 3.02. The van der Waals surface area contributed by atoms with Gasteiger partial charge in [-0.3, -0.25) is 4.79 Å². The minimum absolute atomic E-state index is 0.567. The highest BCUT2D eigenvalue weighted by atomic mass is 16.1. The van der Waals surface area contributed by atoms with Crippen molar-refractivity contribution >= 4 is 6.29 Å². The average molecular weight is 150 g/mol. The molecule has 1 saturated carbocycles. The van der Waals surface area contributed by atoms with Crippen LogP contribution in [-0.2, 0) is 4.79 Å². The van der Waals surface area contributed by atoms with Crippen molar-refractivity contribution < 1.29 is 4.79 Å². The van der Waals surface area contributed by atoms with Crippen molar-refractivity contribution in [2.24, 2.45) is 11.8 Å². The molecular formula is C10H14O. The van der Waals surface area contributed by atoms with E-state index < -0.39 is 0 Å². The Balaban J connectivity index is 2.49. The van der Waals surface area contributed by atoms with Crippen molar-refractivity contribution in [3.63, 3.8) is 0 Å². The van der Waals surface area contributed by atoms with Gasteiger partial charge >= 0.3 is 0 Å². The lowest BCUT2D eigenvalue weighted by Gasteiger charge is -2.09. The van der Waals surface area contributed by atoms with E-state index in [0.717, 1.165) is 6.29 Å². The molecule has 0 radical (unpaired) electrons. The summed E-state index contributed by atoms with van der Waals surface area (Å²) in [4.78, 5) is 10.0. The Morgan fingerprint density at radius 1 is 1.27 bits per heavy atom. The number of aldehydes is 1. The molecule has 0 aromatic carbocycles. The lowest BCUT2D eigenvalue weighted by molar-refractivity contribution is -0.104. The number of hydrogen-bond acceptors (Lipinski definition) is 1. The maximum atomic E-state index is 10.0. The van der Waals surface area contributed by atoms with Gasteiger partial charge in [0.1, 0.15) is 6.29 Å². The summed E-state index contributed by atoms with van der Waals surface area (Å²) in [5.74, 6) is 1.17. The van der Waals surface area contributed by atoms with Crippen LogP contribution in [0, 0.1) is 11.8 Å². The zero-order valence-electron chi connectivity index (χ0n) is 6.70. The lowest BCUT2D eigenvalue weighted by atomic mass is 9.96. The fraction of sp³-hybridized carbons (Fsp3) is 0.500. The molecule has 0 amide bonds. The fourth-order valence-electron chi connectivity index (χ4n) is 1.74. The van der Waals surface area contributed by atoms with Crippen LogP contribution in [0.15, 0.2) is 24.8 Å². The molecule has 2 atom stereocenters. The third kappa shape index (κ3) is 2.04. The number of rotatable bonds is 3. The first-order chi connectivity index (χ1) is 5.38. The van der Waals surface area contributed by atoms with Crippen LogP contribution in [0.4, 0.5) is 0 Å². The lowest BCUT2D eigenvalue weighted by Crippen LogP contribution is -2.00. The van der Waals surface area contributed by atoms with Gasteiger partial charge in [0.2, 0.25) is 0 Å². The number of carbonyl (C=O) groups is 1. The predicted octanol–water partition coefficient (Wildman–Crippen LogP) is 2.34. The van der Waals surface area contributed by atoms with Gasteiger partial charge < -0.3 is 0 Å². The molecule has 0 spiro atoms. The van der Waals surface area contributed by atoms with E-state index in [9.17, 15) is 4.79 Å². The van der Waals surface area contributed by atoms with E-state index in [2.05, 4.69) is 6.58 Å². The van der Waals surface area contributed by atoms with Gasteiger partial charge in [0.05, 0.1) is 0 Å². The molecule has 1 heteroatoms. The standard InChI is InChI=1S/C10H14O/c1-2-9-5-3-6-10(9)7-4-8-11/h2,4,7-10H,1,3,5-6H2/b7-4+. The second-order valence-corrected chi connectivity index (χ2v) is 3.02. The van der Waals surface area contributed by atoms with Gasteiger partial charge in [-0.15, -0.1) is 6.58 Å². The maximum absolute atomic E-state index is 10.0. The maximum Gasteiger partial charge on any atom is 0.142 e. The Hall–Kier alpha value is -0.850. The van der Waals surface area contributed by atoms with Gasteiger partial charge in [-0.1, -0.05) is 18.6 Å². The quantitative estimate of drug-likeness (QED) is 0.343. The van der Waals surface area contributed by atoms with Crippen LogP contribution in [0.3, 0.4) is 0 Å². The van der Waals surface area contributed by atoms with Gasteiger partial charge in [-0.25, -0.2) is 0 Å². The molecule has 0 aliphatic heterocycles. The van der Waals surface area contributed by atoms with E-state index in [-0.39, 0.29) is 0 Å². The van der Waals surface area contributed by atoms with Crippen molar-refractivity contribution in [3.05, 3.63) is 24.8 Å². The molecule has 11 heavy (non-hydrogen) atoms. The Morgan fingerprint density at radius 3 is 2.64 bits per heavy atom. The molecule has 0 aromatic rings. The minimum Gasteiger partial charge on any atom is -0.299 e. The molecule has 60 valence electrons. The van der Waals surface area contributed by atoms with E-state index in [4.69, 9.17) is 0 Å². The zero-order valence-corrected chi connectivity index (χ0v) is 6.70. The summed E-state index contributed by atoms with van der Waals surface area (Å²) in [6, 6.07) is 0. The van der Waals surface area contributed by atoms with Crippen molar-refractivity contribution in [2.45, 2.75) is 19.3 Å². The number of allylic oxidation sites excluding steroid dienone is 3. The Kier molecular flexibility index (Phi) is 3.09. The van der Waals surface area contributed by atoms with Crippen LogP contribution in [0.1, 0.15) is 19.3 Å². The van der Waals surface area contributed by atoms with Gasteiger partial charge in [0.15, 0.2) is 0 Å². The largest absolute Gasteiger partial charge is 0.299 e. The van der Waals surface area contributed by atoms with E-state index in [1.54, 1.807) is 6.08 Å². The molecule has 0 N–H and O–H groups in total. The first kappa shape index (κ1) is 8.25. The summed E-state index contributed by atoms with van der Waals surface area (Å²) in [5, 5.41) is 0. The first-order valence-electron chi connectivity index (χ1n) is 4.13. The molecule has 1 aliphatic rings. The fourth-order valence-corrected chi connectivity index (χ4v) is 1.74. The van der Waals surface area contributed by atoms with Gasteiger partial charge in [-0.05, 0) is 30.8 Å². The normalized spacial score (nSPS) is 30.9. The van der Waals surface area contributed by atoms with Gasteiger partial charge in [-0.2, -0.15) is 0 Å². The third-order valence-electron chi connectivity index (χ3n) is 2.36. The van der Waals surface area contributed by atoms with Crippen LogP contribution in [0.2, 0.25) is 0 Å². The highest BCUT2D eigenvalue weighted by Gasteiger charge is 2.21. The SMILES string of the molecule is C=CC1CCCC1/C=C/C=O. The van der Waals surface area contributed by atoms with Crippen LogP contribution in [-0.4, -0.2) is 6.29 Å². The minimum atomic E-state index is 0.567. The van der Waals surface area contributed by atoms with Crippen molar-refractivity contribution in [1.29, 1.82) is 0 Å². The molecule has 1 rings (SSSR count). The monoisotopic (exact) mass is 150 g/mol. The molecular weight excluding hydrogens is 136 g/mol. The molecule has 2 unspecified atom stereocenters. The molecule has 0 aromatic heterocycles. The van der Waals surface area contributed by atoms with Crippen molar-refractivity contribution in [1.82, 2.24) is 0 Å². The Morgan fingerprint density at radius 2 is 2.00 bits per heavy atom. The van der Waals surface area contributed by atoms with Crippen LogP contribution in [0.25, 0.3) is 0 Å². The zero-order chi connectivity index (χ0) is 8.10. The predicted molar refractivity (Wildman–Crippen MR) is 46.2 cm³/mol. The van der Waals surface area contributed by atoms with Crippen LogP contribution >= 0.6 is 0 Å². The number of carbonyl (C=O) groups excluding carboxylic acids is 1. The third-order valence-corrected chi connectivity index (χ3v) is 2.36. The van der Waals surface area contributed by atoms with Gasteiger partial charge in [0, 0.05) is 0 Å². The first-order valence-corrected chi connectivity index (χ1v) is 4.13. The highest BCUT2D eigenvalue weighted by molar-refractivity contribution is 5.64. The summed E-state index contributed by atoms with van der Waals surface area (Å²) in [7, 11) is 0. The summed E-state index contributed by atoms with van der Waals surface area (Å²) < 4.78 is 0. The molecule has 0 saturated heterocycles. The van der Waals surface area contributed by atoms with E-state index in [0.29, 0.717) is 11.8 Å². The number of hydrogen-bond donors (Lipinski definition) is 0. The average Bonchev–Trinajstić information content (AvgIpc) is 2.47. The molecule has 0 heterocycles. The molecule has 1 nitrogen and oxygen atoms in total. The summed E-state index contributed by atoms with van der Waals surface area (Å²) in [6.45, 7) is 3.78. The highest BCUT2D eigenvalue weighted by Crippen LogP contribution is 2.32. The Labute approximate surface area is 67.8 Å². The van der Waals surface area contributed by atoms with E-state index in [1.165, 1.54) is 19.3 Å². The summed E-state index contributed by atoms with van der Waals surface area (Å²) in [6.07, 6.45) is 10.2. The molecule has 1 aliphatic carbocycles. The van der Waals surface area contributed by atoms with E-state index >= 15 is 0 Å². The molecule has 1 fully saturated rings. The Bertz CT molecular complexity index is 170.